The summed E-state index contributed by atoms with van der Waals surface area (Å²) in [4.78, 5) is 34.4. The van der Waals surface area contributed by atoms with Gasteiger partial charge in [-0.3, -0.25) is 14.7 Å². The summed E-state index contributed by atoms with van der Waals surface area (Å²) >= 11 is 0. The van der Waals surface area contributed by atoms with Gasteiger partial charge < -0.3 is 20.6 Å². The zero-order chi connectivity index (χ0) is 19.1. The van der Waals surface area contributed by atoms with Gasteiger partial charge in [-0.2, -0.15) is 5.10 Å². The number of aromatic amines is 1. The van der Waals surface area contributed by atoms with Crippen LogP contribution in [0.5, 0.6) is 0 Å². The van der Waals surface area contributed by atoms with Gasteiger partial charge in [0.15, 0.2) is 5.69 Å². The van der Waals surface area contributed by atoms with E-state index in [4.69, 9.17) is 10.2 Å². The second-order valence-electron chi connectivity index (χ2n) is 5.79. The van der Waals surface area contributed by atoms with Crippen LogP contribution in [-0.2, 0) is 11.2 Å². The summed E-state index contributed by atoms with van der Waals surface area (Å²) in [6.45, 7) is -0.554. The molecule has 138 valence electrons. The average Bonchev–Trinajstić information content (AvgIpc) is 3.10. The minimum Gasteiger partial charge on any atom is -0.481 e. The molecule has 2 unspecified atom stereocenters. The van der Waals surface area contributed by atoms with Crippen molar-refractivity contribution in [1.82, 2.24) is 15.5 Å². The van der Waals surface area contributed by atoms with Crippen LogP contribution in [-0.4, -0.2) is 56.0 Å². The van der Waals surface area contributed by atoms with E-state index in [9.17, 15) is 19.5 Å². The average molecular weight is 361 g/mol. The number of rotatable bonds is 9. The van der Waals surface area contributed by atoms with E-state index in [0.717, 1.165) is 11.6 Å². The number of carbonyl (C=O) groups is 3. The Morgan fingerprint density at radius 1 is 1.15 bits per heavy atom. The molecule has 0 saturated carbocycles. The Hall–Kier alpha value is -3.20. The van der Waals surface area contributed by atoms with Crippen molar-refractivity contribution in [1.29, 1.82) is 0 Å². The number of carboxylic acid groups (broad SMARTS) is 2. The lowest BCUT2D eigenvalue weighted by molar-refractivity contribution is -0.143. The van der Waals surface area contributed by atoms with Crippen LogP contribution in [0.2, 0.25) is 0 Å². The first kappa shape index (κ1) is 19.1. The maximum Gasteiger partial charge on any atom is 0.353 e. The van der Waals surface area contributed by atoms with Crippen LogP contribution in [0, 0.1) is 5.92 Å². The molecule has 0 fully saturated rings. The second kappa shape index (κ2) is 8.77. The highest BCUT2D eigenvalue weighted by atomic mass is 16.4. The minimum absolute atomic E-state index is 0.0165. The Kier molecular flexibility index (Phi) is 6.45. The van der Waals surface area contributed by atoms with E-state index in [2.05, 4.69) is 15.5 Å². The largest absolute Gasteiger partial charge is 0.481 e. The van der Waals surface area contributed by atoms with Crippen molar-refractivity contribution in [2.24, 2.45) is 5.92 Å². The first-order valence-electron chi connectivity index (χ1n) is 7.87. The normalized spacial score (nSPS) is 13.0. The minimum atomic E-state index is -1.25. The fourth-order valence-corrected chi connectivity index (χ4v) is 2.50. The predicted octanol–water partition coefficient (Wildman–Crippen LogP) is 0.532. The lowest BCUT2D eigenvalue weighted by atomic mass is 9.95. The third-order valence-electron chi connectivity index (χ3n) is 3.84. The fraction of sp³-hybridized carbons (Fsp3) is 0.294. The van der Waals surface area contributed by atoms with Gasteiger partial charge in [-0.15, -0.1) is 0 Å². The van der Waals surface area contributed by atoms with Crippen LogP contribution >= 0.6 is 0 Å². The molecule has 2 atom stereocenters. The summed E-state index contributed by atoms with van der Waals surface area (Å²) in [5.74, 6) is -4.06. The van der Waals surface area contributed by atoms with Crippen molar-refractivity contribution >= 4 is 17.8 Å². The molecule has 0 spiro atoms. The molecule has 0 aliphatic heterocycles. The van der Waals surface area contributed by atoms with Crippen molar-refractivity contribution in [2.75, 3.05) is 6.61 Å². The smallest absolute Gasteiger partial charge is 0.353 e. The molecule has 2 rings (SSSR count). The zero-order valence-corrected chi connectivity index (χ0v) is 13.8. The van der Waals surface area contributed by atoms with E-state index in [1.807, 2.05) is 30.3 Å². The number of nitrogens with zero attached hydrogens (tertiary/aromatic N) is 1. The molecule has 0 bridgehead atoms. The standard InChI is InChI=1S/C17H19N3O6/c21-9-11(16(23)24)7-12(6-10-4-2-1-3-5-10)18-15(22)13-8-14(17(25)26)20-19-13/h1-5,8,11-12,21H,6-7,9H2,(H,18,22)(H,19,20)(H,23,24)(H,25,26). The van der Waals surface area contributed by atoms with Crippen LogP contribution in [0.25, 0.3) is 0 Å². The van der Waals surface area contributed by atoms with E-state index in [1.54, 1.807) is 0 Å². The lowest BCUT2D eigenvalue weighted by Crippen LogP contribution is -2.40. The SMILES string of the molecule is O=C(NC(Cc1ccccc1)CC(CO)C(=O)O)c1cc(C(=O)O)[nH]n1. The van der Waals surface area contributed by atoms with Gasteiger partial charge in [0, 0.05) is 12.1 Å². The molecule has 0 aliphatic carbocycles. The molecular formula is C17H19N3O6. The maximum atomic E-state index is 12.3. The number of aromatic nitrogens is 2. The number of benzene rings is 1. The number of aromatic carboxylic acids is 1. The molecular weight excluding hydrogens is 342 g/mol. The molecule has 9 nitrogen and oxygen atoms in total. The Morgan fingerprint density at radius 3 is 2.38 bits per heavy atom. The summed E-state index contributed by atoms with van der Waals surface area (Å²) in [6, 6.07) is 9.67. The summed E-state index contributed by atoms with van der Waals surface area (Å²) in [6.07, 6.45) is 0.370. The number of nitrogens with one attached hydrogen (secondary N) is 2. The Bertz CT molecular complexity index is 774. The Morgan fingerprint density at radius 2 is 1.85 bits per heavy atom. The monoisotopic (exact) mass is 361 g/mol. The van der Waals surface area contributed by atoms with Gasteiger partial charge in [0.1, 0.15) is 5.69 Å². The highest BCUT2D eigenvalue weighted by Crippen LogP contribution is 2.13. The zero-order valence-electron chi connectivity index (χ0n) is 13.8. The summed E-state index contributed by atoms with van der Waals surface area (Å²) in [7, 11) is 0. The van der Waals surface area contributed by atoms with Crippen LogP contribution < -0.4 is 5.32 Å². The number of H-pyrrole nitrogens is 1. The summed E-state index contributed by atoms with van der Waals surface area (Å²) < 4.78 is 0. The number of carboxylic acids is 2. The predicted molar refractivity (Wildman–Crippen MR) is 89.8 cm³/mol. The quantitative estimate of drug-likeness (QED) is 0.437. The van der Waals surface area contributed by atoms with Crippen LogP contribution in [0.1, 0.15) is 33.0 Å². The molecule has 5 N–H and O–H groups in total. The molecule has 1 amide bonds. The number of amides is 1. The third-order valence-corrected chi connectivity index (χ3v) is 3.84. The van der Waals surface area contributed by atoms with Gasteiger partial charge in [-0.1, -0.05) is 30.3 Å². The molecule has 1 aromatic heterocycles. The summed E-state index contributed by atoms with van der Waals surface area (Å²) in [5, 5.41) is 35.8. The molecule has 1 aromatic carbocycles. The number of hydrogen-bond acceptors (Lipinski definition) is 5. The topological polar surface area (TPSA) is 153 Å². The van der Waals surface area contributed by atoms with E-state index in [-0.39, 0.29) is 17.8 Å². The van der Waals surface area contributed by atoms with Gasteiger partial charge in [0.05, 0.1) is 12.5 Å². The number of carbonyl (C=O) groups excluding carboxylic acids is 1. The van der Waals surface area contributed by atoms with Crippen LogP contribution in [0.15, 0.2) is 36.4 Å². The maximum absolute atomic E-state index is 12.3. The van der Waals surface area contributed by atoms with Gasteiger partial charge in [0.25, 0.3) is 5.91 Å². The van der Waals surface area contributed by atoms with Gasteiger partial charge in [-0.05, 0) is 18.4 Å². The van der Waals surface area contributed by atoms with E-state index in [1.165, 1.54) is 0 Å². The number of aliphatic hydroxyl groups is 1. The molecule has 0 radical (unpaired) electrons. The lowest BCUT2D eigenvalue weighted by Gasteiger charge is -2.21. The van der Waals surface area contributed by atoms with Crippen molar-refractivity contribution in [3.05, 3.63) is 53.3 Å². The number of aliphatic hydroxyl groups excluding tert-OH is 1. The number of aliphatic carboxylic acids is 1. The molecule has 0 aliphatic rings. The van der Waals surface area contributed by atoms with Crippen molar-refractivity contribution < 1.29 is 29.7 Å². The second-order valence-corrected chi connectivity index (χ2v) is 5.79. The van der Waals surface area contributed by atoms with E-state index < -0.39 is 36.4 Å². The van der Waals surface area contributed by atoms with E-state index in [0.29, 0.717) is 6.42 Å². The highest BCUT2D eigenvalue weighted by molar-refractivity contribution is 5.95. The summed E-state index contributed by atoms with van der Waals surface area (Å²) in [5.41, 5.74) is 0.540. The molecule has 2 aromatic rings. The van der Waals surface area contributed by atoms with Crippen molar-refractivity contribution in [3.8, 4) is 0 Å². The molecule has 0 saturated heterocycles. The van der Waals surface area contributed by atoms with Crippen molar-refractivity contribution in [3.63, 3.8) is 0 Å². The Labute approximate surface area is 148 Å². The van der Waals surface area contributed by atoms with Gasteiger partial charge >= 0.3 is 11.9 Å². The highest BCUT2D eigenvalue weighted by Gasteiger charge is 2.25. The van der Waals surface area contributed by atoms with Gasteiger partial charge in [-0.25, -0.2) is 4.79 Å². The van der Waals surface area contributed by atoms with Crippen molar-refractivity contribution in [2.45, 2.75) is 18.9 Å². The van der Waals surface area contributed by atoms with Crippen LogP contribution in [0.4, 0.5) is 0 Å². The van der Waals surface area contributed by atoms with Crippen LogP contribution in [0.3, 0.4) is 0 Å². The Balaban J connectivity index is 2.14. The van der Waals surface area contributed by atoms with Gasteiger partial charge in [0.2, 0.25) is 0 Å². The first-order valence-corrected chi connectivity index (χ1v) is 7.87. The number of hydrogen-bond donors (Lipinski definition) is 5. The molecule has 26 heavy (non-hydrogen) atoms. The van der Waals surface area contributed by atoms with E-state index >= 15 is 0 Å². The third kappa shape index (κ3) is 5.15. The molecule has 1 heterocycles. The first-order chi connectivity index (χ1) is 12.4. The molecule has 9 heteroatoms. The fourth-order valence-electron chi connectivity index (χ4n) is 2.50.